The summed E-state index contributed by atoms with van der Waals surface area (Å²) in [6, 6.07) is 0. The number of hydrogen-bond acceptors (Lipinski definition) is 5. The van der Waals surface area contributed by atoms with Crippen molar-refractivity contribution >= 4 is 5.97 Å². The number of aliphatic hydroxyl groups excluding tert-OH is 1. The van der Waals surface area contributed by atoms with Crippen LogP contribution in [0.2, 0.25) is 0 Å². The van der Waals surface area contributed by atoms with E-state index in [0.29, 0.717) is 19.1 Å². The zero-order chi connectivity index (χ0) is 13.2. The fourth-order valence-corrected chi connectivity index (χ4v) is 2.26. The second-order valence-electron chi connectivity index (χ2n) is 4.75. The van der Waals surface area contributed by atoms with E-state index in [9.17, 15) is 9.90 Å². The average molecular weight is 259 g/mol. The van der Waals surface area contributed by atoms with Crippen LogP contribution in [0, 0.1) is 5.92 Å². The predicted octanol–water partition coefficient (Wildman–Crippen LogP) is 0.707. The summed E-state index contributed by atoms with van der Waals surface area (Å²) in [6.07, 6.45) is 4.03. The molecular weight excluding hydrogens is 234 g/mol. The molecule has 5 nitrogen and oxygen atoms in total. The van der Waals surface area contributed by atoms with E-state index >= 15 is 0 Å². The SMILES string of the molecule is CCOC(=O)COCCNCC1CCCC(O)C1. The third-order valence-electron chi connectivity index (χ3n) is 3.14. The zero-order valence-corrected chi connectivity index (χ0v) is 11.2. The van der Waals surface area contributed by atoms with Crippen molar-refractivity contribution in [2.45, 2.75) is 38.7 Å². The Morgan fingerprint density at radius 3 is 3.00 bits per heavy atom. The minimum absolute atomic E-state index is 0.0255. The predicted molar refractivity (Wildman–Crippen MR) is 68.3 cm³/mol. The highest BCUT2D eigenvalue weighted by Gasteiger charge is 2.19. The van der Waals surface area contributed by atoms with Crippen LogP contribution in [0.4, 0.5) is 0 Å². The van der Waals surface area contributed by atoms with Crippen molar-refractivity contribution in [2.75, 3.05) is 32.9 Å². The summed E-state index contributed by atoms with van der Waals surface area (Å²) < 4.78 is 9.92. The van der Waals surface area contributed by atoms with Gasteiger partial charge in [-0.05, 0) is 38.6 Å². The third-order valence-corrected chi connectivity index (χ3v) is 3.14. The summed E-state index contributed by atoms with van der Waals surface area (Å²) in [5.41, 5.74) is 0. The molecule has 0 heterocycles. The molecule has 0 bridgehead atoms. The van der Waals surface area contributed by atoms with Crippen molar-refractivity contribution in [2.24, 2.45) is 5.92 Å². The zero-order valence-electron chi connectivity index (χ0n) is 11.2. The van der Waals surface area contributed by atoms with E-state index in [2.05, 4.69) is 5.32 Å². The van der Waals surface area contributed by atoms with Crippen LogP contribution in [-0.2, 0) is 14.3 Å². The lowest BCUT2D eigenvalue weighted by molar-refractivity contribution is -0.148. The van der Waals surface area contributed by atoms with Gasteiger partial charge in [-0.2, -0.15) is 0 Å². The van der Waals surface area contributed by atoms with Crippen molar-refractivity contribution in [3.63, 3.8) is 0 Å². The van der Waals surface area contributed by atoms with E-state index in [1.165, 1.54) is 6.42 Å². The van der Waals surface area contributed by atoms with Gasteiger partial charge >= 0.3 is 5.97 Å². The van der Waals surface area contributed by atoms with Crippen molar-refractivity contribution in [3.05, 3.63) is 0 Å². The monoisotopic (exact) mass is 259 g/mol. The van der Waals surface area contributed by atoms with Gasteiger partial charge in [-0.1, -0.05) is 6.42 Å². The second kappa shape index (κ2) is 9.30. The Morgan fingerprint density at radius 2 is 2.28 bits per heavy atom. The van der Waals surface area contributed by atoms with Gasteiger partial charge in [0.2, 0.25) is 0 Å². The Morgan fingerprint density at radius 1 is 1.44 bits per heavy atom. The molecule has 2 atom stereocenters. The van der Waals surface area contributed by atoms with Gasteiger partial charge in [0.1, 0.15) is 6.61 Å². The molecule has 5 heteroatoms. The standard InChI is InChI=1S/C13H25NO4/c1-2-18-13(16)10-17-7-6-14-9-11-4-3-5-12(15)8-11/h11-12,14-15H,2-10H2,1H3. The number of carbonyl (C=O) groups is 1. The van der Waals surface area contributed by atoms with Gasteiger partial charge in [0.25, 0.3) is 0 Å². The Bertz CT molecular complexity index is 235. The fraction of sp³-hybridized carbons (Fsp3) is 0.923. The van der Waals surface area contributed by atoms with Crippen molar-refractivity contribution < 1.29 is 19.4 Å². The quantitative estimate of drug-likeness (QED) is 0.496. The average Bonchev–Trinajstić information content (AvgIpc) is 2.34. The minimum Gasteiger partial charge on any atom is -0.464 e. The highest BCUT2D eigenvalue weighted by molar-refractivity contribution is 5.70. The fourth-order valence-electron chi connectivity index (χ4n) is 2.26. The molecule has 1 aliphatic carbocycles. The van der Waals surface area contributed by atoms with Crippen LogP contribution < -0.4 is 5.32 Å². The van der Waals surface area contributed by atoms with Crippen LogP contribution in [0.5, 0.6) is 0 Å². The van der Waals surface area contributed by atoms with E-state index in [1.54, 1.807) is 6.92 Å². The second-order valence-corrected chi connectivity index (χ2v) is 4.75. The number of hydrogen-bond donors (Lipinski definition) is 2. The topological polar surface area (TPSA) is 67.8 Å². The molecule has 0 aromatic heterocycles. The first-order chi connectivity index (χ1) is 8.72. The van der Waals surface area contributed by atoms with Gasteiger partial charge in [-0.25, -0.2) is 4.79 Å². The normalized spacial score (nSPS) is 23.9. The van der Waals surface area contributed by atoms with Crippen LogP contribution in [0.1, 0.15) is 32.6 Å². The lowest BCUT2D eigenvalue weighted by Gasteiger charge is -2.25. The van der Waals surface area contributed by atoms with Crippen LogP contribution in [0.25, 0.3) is 0 Å². The molecule has 0 saturated heterocycles. The summed E-state index contributed by atoms with van der Waals surface area (Å²) in [5.74, 6) is 0.256. The van der Waals surface area contributed by atoms with Gasteiger partial charge in [0.05, 0.1) is 19.3 Å². The molecular formula is C13H25NO4. The van der Waals surface area contributed by atoms with E-state index in [4.69, 9.17) is 9.47 Å². The molecule has 0 amide bonds. The van der Waals surface area contributed by atoms with Crippen molar-refractivity contribution in [3.8, 4) is 0 Å². The number of esters is 1. The molecule has 0 radical (unpaired) electrons. The lowest BCUT2D eigenvalue weighted by Crippen LogP contribution is -2.31. The molecule has 18 heavy (non-hydrogen) atoms. The maximum absolute atomic E-state index is 11.0. The summed E-state index contributed by atoms with van der Waals surface area (Å²) in [7, 11) is 0. The first kappa shape index (κ1) is 15.4. The number of rotatable bonds is 8. The maximum Gasteiger partial charge on any atom is 0.332 e. The number of carbonyl (C=O) groups excluding carboxylic acids is 1. The lowest BCUT2D eigenvalue weighted by atomic mass is 9.87. The molecule has 0 aromatic rings. The summed E-state index contributed by atoms with van der Waals surface area (Å²) in [4.78, 5) is 11.0. The van der Waals surface area contributed by atoms with Crippen molar-refractivity contribution in [1.82, 2.24) is 5.32 Å². The molecule has 1 fully saturated rings. The van der Waals surface area contributed by atoms with Gasteiger partial charge in [0, 0.05) is 6.54 Å². The highest BCUT2D eigenvalue weighted by Crippen LogP contribution is 2.23. The van der Waals surface area contributed by atoms with E-state index in [1.807, 2.05) is 0 Å². The van der Waals surface area contributed by atoms with Crippen LogP contribution in [0.15, 0.2) is 0 Å². The van der Waals surface area contributed by atoms with Crippen LogP contribution >= 0.6 is 0 Å². The number of aliphatic hydroxyl groups is 1. The largest absolute Gasteiger partial charge is 0.464 e. The number of ether oxygens (including phenoxy) is 2. The van der Waals surface area contributed by atoms with Gasteiger partial charge in [0.15, 0.2) is 0 Å². The van der Waals surface area contributed by atoms with E-state index in [-0.39, 0.29) is 18.7 Å². The first-order valence-corrected chi connectivity index (χ1v) is 6.84. The van der Waals surface area contributed by atoms with Crippen molar-refractivity contribution in [1.29, 1.82) is 0 Å². The third kappa shape index (κ3) is 6.93. The molecule has 0 aliphatic heterocycles. The van der Waals surface area contributed by atoms with Crippen LogP contribution in [0.3, 0.4) is 0 Å². The summed E-state index contributed by atoms with van der Waals surface area (Å²) in [5, 5.41) is 12.8. The summed E-state index contributed by atoms with van der Waals surface area (Å²) >= 11 is 0. The minimum atomic E-state index is -0.312. The van der Waals surface area contributed by atoms with Gasteiger partial charge in [-0.3, -0.25) is 0 Å². The van der Waals surface area contributed by atoms with E-state index in [0.717, 1.165) is 32.4 Å². The molecule has 1 aliphatic rings. The molecule has 1 rings (SSSR count). The summed E-state index contributed by atoms with van der Waals surface area (Å²) in [6.45, 7) is 4.35. The highest BCUT2D eigenvalue weighted by atomic mass is 16.6. The smallest absolute Gasteiger partial charge is 0.332 e. The van der Waals surface area contributed by atoms with Crippen LogP contribution in [-0.4, -0.2) is 50.1 Å². The van der Waals surface area contributed by atoms with Gasteiger partial charge in [-0.15, -0.1) is 0 Å². The van der Waals surface area contributed by atoms with Gasteiger partial charge < -0.3 is 19.9 Å². The van der Waals surface area contributed by atoms with E-state index < -0.39 is 0 Å². The first-order valence-electron chi connectivity index (χ1n) is 6.84. The molecule has 0 spiro atoms. The molecule has 2 unspecified atom stereocenters. The Labute approximate surface area is 109 Å². The Balaban J connectivity index is 1.90. The molecule has 106 valence electrons. The Kier molecular flexibility index (Phi) is 7.96. The molecule has 0 aromatic carbocycles. The maximum atomic E-state index is 11.0. The molecule has 1 saturated carbocycles. The number of nitrogens with one attached hydrogen (secondary N) is 1. The molecule has 2 N–H and O–H groups in total. The Hall–Kier alpha value is -0.650.